The van der Waals surface area contributed by atoms with E-state index in [2.05, 4.69) is 4.74 Å². The third kappa shape index (κ3) is 3.60. The molecule has 0 rings (SSSR count). The first-order valence-corrected chi connectivity index (χ1v) is 4.81. The van der Waals surface area contributed by atoms with Crippen LogP contribution in [0.2, 0.25) is 0 Å². The Labute approximate surface area is 120 Å². The number of rotatable bonds is 3. The maximum Gasteiger partial charge on any atom is 0.460 e. The van der Waals surface area contributed by atoms with Gasteiger partial charge in [-0.1, -0.05) is 0 Å². The molecule has 0 aromatic carbocycles. The van der Waals surface area contributed by atoms with E-state index in [0.29, 0.717) is 0 Å². The van der Waals surface area contributed by atoms with E-state index >= 15 is 0 Å². The molecule has 0 radical (unpaired) electrons. The summed E-state index contributed by atoms with van der Waals surface area (Å²) >= 11 is 0. The van der Waals surface area contributed by atoms with Gasteiger partial charge in [0.05, 0.1) is 0 Å². The van der Waals surface area contributed by atoms with Crippen molar-refractivity contribution in [1.82, 2.24) is 0 Å². The molecule has 0 saturated heterocycles. The van der Waals surface area contributed by atoms with Crippen molar-refractivity contribution in [3.8, 4) is 0 Å². The Hall–Kier alpha value is -1.51. The van der Waals surface area contributed by atoms with Crippen molar-refractivity contribution in [2.45, 2.75) is 36.2 Å². The Morgan fingerprint density at radius 3 is 1.04 bits per heavy atom. The van der Waals surface area contributed by atoms with Gasteiger partial charge in [0.15, 0.2) is 0 Å². The summed E-state index contributed by atoms with van der Waals surface area (Å²) < 4.78 is 184. The molecule has 0 heterocycles. The minimum Gasteiger partial charge on any atom is -0.467 e. The zero-order valence-electron chi connectivity index (χ0n) is 10.2. The molecule has 0 aromatic rings. The molecule has 24 heavy (non-hydrogen) atoms. The molecule has 144 valence electrons. The fourth-order valence-electron chi connectivity index (χ4n) is 1.03. The molecule has 0 unspecified atom stereocenters. The first kappa shape index (κ1) is 22.5. The van der Waals surface area contributed by atoms with E-state index in [1.807, 2.05) is 0 Å². The molecule has 0 aliphatic rings. The van der Waals surface area contributed by atoms with Crippen LogP contribution >= 0.6 is 0 Å². The average molecular weight is 398 g/mol. The van der Waals surface area contributed by atoms with Crippen LogP contribution in [0.5, 0.6) is 0 Å². The monoisotopic (exact) mass is 398 g/mol. The Kier molecular flexibility index (Phi) is 5.42. The molecule has 1 nitrogen and oxygen atoms in total. The quantitative estimate of drug-likeness (QED) is 0.455. The highest BCUT2D eigenvalue weighted by atomic mass is 19.4. The third-order valence-corrected chi connectivity index (χ3v) is 2.19. The number of halogens is 15. The molecular formula is C8HF15O. The van der Waals surface area contributed by atoms with Crippen molar-refractivity contribution in [1.29, 1.82) is 0 Å². The molecule has 0 bridgehead atoms. The summed E-state index contributed by atoms with van der Waals surface area (Å²) in [6, 6.07) is 0. The molecule has 0 spiro atoms. The molecule has 0 aliphatic carbocycles. The number of hydrogen-bond donors (Lipinski definition) is 0. The summed E-state index contributed by atoms with van der Waals surface area (Å²) in [4.78, 5) is 0. The Balaban J connectivity index is 6.26. The largest absolute Gasteiger partial charge is 0.467 e. The lowest BCUT2D eigenvalue weighted by atomic mass is 10.0. The van der Waals surface area contributed by atoms with Gasteiger partial charge in [-0.2, -0.15) is 61.5 Å². The number of hydrogen-bond acceptors (Lipinski definition) is 1. The standard InChI is InChI=1S/C8HF15O/c9-2(3(10,11)5(12,13)14)1-24-4(6(15,16)17,7(18,19)20)8(21,22)23/h1H/b2-1-. The van der Waals surface area contributed by atoms with Crippen LogP contribution in [0.25, 0.3) is 0 Å². The Bertz CT molecular complexity index is 436. The van der Waals surface area contributed by atoms with Gasteiger partial charge in [-0.25, -0.2) is 4.39 Å². The zero-order valence-corrected chi connectivity index (χ0v) is 10.2. The van der Waals surface area contributed by atoms with Gasteiger partial charge >= 0.3 is 36.2 Å². The summed E-state index contributed by atoms with van der Waals surface area (Å²) in [5.41, 5.74) is -7.23. The predicted molar refractivity (Wildman–Crippen MR) is 42.2 cm³/mol. The maximum absolute atomic E-state index is 12.5. The molecule has 0 aromatic heterocycles. The maximum atomic E-state index is 12.5. The first-order valence-electron chi connectivity index (χ1n) is 4.81. The van der Waals surface area contributed by atoms with Crippen molar-refractivity contribution in [3.63, 3.8) is 0 Å². The van der Waals surface area contributed by atoms with E-state index in [0.717, 1.165) is 0 Å². The fourth-order valence-corrected chi connectivity index (χ4v) is 1.03. The normalized spacial score (nSPS) is 16.4. The van der Waals surface area contributed by atoms with E-state index in [1.54, 1.807) is 0 Å². The molecule has 0 atom stereocenters. The van der Waals surface area contributed by atoms with Gasteiger partial charge in [0.25, 0.3) is 0 Å². The van der Waals surface area contributed by atoms with Gasteiger partial charge in [0.1, 0.15) is 6.26 Å². The summed E-state index contributed by atoms with van der Waals surface area (Å²) in [6.45, 7) is 0. The van der Waals surface area contributed by atoms with Crippen LogP contribution in [0, 0.1) is 0 Å². The number of alkyl halides is 14. The summed E-state index contributed by atoms with van der Waals surface area (Å²) in [7, 11) is 0. The molecular weight excluding hydrogens is 397 g/mol. The SMILES string of the molecule is F/C(=C\OC(C(F)(F)F)(C(F)(F)F)C(F)(F)F)C(F)(F)C(F)(F)F. The van der Waals surface area contributed by atoms with Crippen LogP contribution < -0.4 is 0 Å². The first-order chi connectivity index (χ1) is 10.1. The van der Waals surface area contributed by atoms with Gasteiger partial charge < -0.3 is 4.74 Å². The number of ether oxygens (including phenoxy) is 1. The lowest BCUT2D eigenvalue weighted by molar-refractivity contribution is -0.447. The van der Waals surface area contributed by atoms with Crippen LogP contribution in [0.15, 0.2) is 12.1 Å². The fraction of sp³-hybridized carbons (Fsp3) is 0.750. The lowest BCUT2D eigenvalue weighted by Crippen LogP contribution is -2.67. The highest BCUT2D eigenvalue weighted by Gasteiger charge is 2.86. The van der Waals surface area contributed by atoms with Crippen molar-refractivity contribution in [3.05, 3.63) is 12.1 Å². The second-order valence-electron chi connectivity index (χ2n) is 3.83. The van der Waals surface area contributed by atoms with Crippen molar-refractivity contribution < 1.29 is 70.6 Å². The van der Waals surface area contributed by atoms with Crippen LogP contribution in [0.3, 0.4) is 0 Å². The predicted octanol–water partition coefficient (Wildman–Crippen LogP) is 5.44. The third-order valence-electron chi connectivity index (χ3n) is 2.19. The average Bonchev–Trinajstić information content (AvgIpc) is 2.21. The molecule has 0 saturated carbocycles. The second-order valence-corrected chi connectivity index (χ2v) is 3.83. The summed E-state index contributed by atoms with van der Waals surface area (Å²) in [5.74, 6) is -10.8. The lowest BCUT2D eigenvalue weighted by Gasteiger charge is -2.37. The zero-order chi connectivity index (χ0) is 20.0. The molecule has 0 fully saturated rings. The molecule has 0 aliphatic heterocycles. The van der Waals surface area contributed by atoms with Crippen molar-refractivity contribution >= 4 is 0 Å². The van der Waals surface area contributed by atoms with Crippen LogP contribution in [-0.2, 0) is 4.74 Å². The van der Waals surface area contributed by atoms with E-state index in [4.69, 9.17) is 0 Å². The van der Waals surface area contributed by atoms with E-state index < -0.39 is 48.3 Å². The van der Waals surface area contributed by atoms with Crippen molar-refractivity contribution in [2.24, 2.45) is 0 Å². The Morgan fingerprint density at radius 2 is 0.833 bits per heavy atom. The van der Waals surface area contributed by atoms with Gasteiger partial charge in [-0.05, 0) is 0 Å². The summed E-state index contributed by atoms with van der Waals surface area (Å²) in [5, 5.41) is 0. The smallest absolute Gasteiger partial charge is 0.460 e. The van der Waals surface area contributed by atoms with Crippen LogP contribution in [0.1, 0.15) is 0 Å². The van der Waals surface area contributed by atoms with Crippen LogP contribution in [0.4, 0.5) is 65.9 Å². The summed E-state index contributed by atoms with van der Waals surface area (Å²) in [6.07, 6.45) is -31.4. The van der Waals surface area contributed by atoms with E-state index in [9.17, 15) is 65.9 Å². The van der Waals surface area contributed by atoms with Gasteiger partial charge in [-0.3, -0.25) is 0 Å². The van der Waals surface area contributed by atoms with E-state index in [1.165, 1.54) is 0 Å². The van der Waals surface area contributed by atoms with Crippen molar-refractivity contribution in [2.75, 3.05) is 0 Å². The van der Waals surface area contributed by atoms with Crippen LogP contribution in [-0.4, -0.2) is 36.2 Å². The topological polar surface area (TPSA) is 9.23 Å². The van der Waals surface area contributed by atoms with Gasteiger partial charge in [0.2, 0.25) is 5.83 Å². The molecule has 0 N–H and O–H groups in total. The Morgan fingerprint density at radius 1 is 0.542 bits per heavy atom. The minimum atomic E-state index is -7.44. The molecule has 16 heteroatoms. The van der Waals surface area contributed by atoms with Gasteiger partial charge in [-0.15, -0.1) is 0 Å². The van der Waals surface area contributed by atoms with Gasteiger partial charge in [0, 0.05) is 0 Å². The highest BCUT2D eigenvalue weighted by molar-refractivity contribution is 5.09. The second kappa shape index (κ2) is 5.79. The highest BCUT2D eigenvalue weighted by Crippen LogP contribution is 2.55. The van der Waals surface area contributed by atoms with E-state index in [-0.39, 0.29) is 0 Å². The minimum absolute atomic E-state index is 2.07. The number of allylic oxidation sites excluding steroid dienone is 1. The molecule has 0 amide bonds.